The van der Waals surface area contributed by atoms with Gasteiger partial charge in [0.1, 0.15) is 5.15 Å². The summed E-state index contributed by atoms with van der Waals surface area (Å²) in [6, 6.07) is 3.87. The number of hydrogen-bond donors (Lipinski definition) is 0. The zero-order valence-electron chi connectivity index (χ0n) is 7.78. The first-order valence-electron chi connectivity index (χ1n) is 4.70. The lowest BCUT2D eigenvalue weighted by atomic mass is 10.3. The molecule has 1 atom stereocenters. The fraction of sp³-hybridized carbons (Fsp3) is 0.500. The van der Waals surface area contributed by atoms with Gasteiger partial charge in [-0.25, -0.2) is 4.98 Å². The summed E-state index contributed by atoms with van der Waals surface area (Å²) in [5.74, 6) is 1.01. The summed E-state index contributed by atoms with van der Waals surface area (Å²) < 4.78 is 5.54. The Hall–Kier alpha value is -0.250. The topological polar surface area (TPSA) is 22.1 Å². The van der Waals surface area contributed by atoms with E-state index in [1.807, 2.05) is 12.1 Å². The van der Waals surface area contributed by atoms with Gasteiger partial charge in [-0.05, 0) is 25.0 Å². The first-order chi connectivity index (χ1) is 6.84. The quantitative estimate of drug-likeness (QED) is 0.588. The molecule has 1 unspecified atom stereocenters. The lowest BCUT2D eigenvalue weighted by molar-refractivity contribution is 0.129. The SMILES string of the molecule is Clc1cc(SCC2CCCO2)ccn1. The van der Waals surface area contributed by atoms with Crippen LogP contribution < -0.4 is 0 Å². The molecule has 0 amide bonds. The van der Waals surface area contributed by atoms with E-state index in [1.165, 1.54) is 17.7 Å². The van der Waals surface area contributed by atoms with E-state index in [-0.39, 0.29) is 0 Å². The molecular formula is C10H12ClNOS. The van der Waals surface area contributed by atoms with Gasteiger partial charge in [-0.1, -0.05) is 11.6 Å². The van der Waals surface area contributed by atoms with Crippen molar-refractivity contribution in [3.8, 4) is 0 Å². The van der Waals surface area contributed by atoms with E-state index in [9.17, 15) is 0 Å². The van der Waals surface area contributed by atoms with E-state index in [0.717, 1.165) is 12.4 Å². The smallest absolute Gasteiger partial charge is 0.130 e. The number of aromatic nitrogens is 1. The van der Waals surface area contributed by atoms with E-state index in [1.54, 1.807) is 18.0 Å². The number of pyridine rings is 1. The van der Waals surface area contributed by atoms with E-state index in [4.69, 9.17) is 16.3 Å². The van der Waals surface area contributed by atoms with Gasteiger partial charge in [0.2, 0.25) is 0 Å². The van der Waals surface area contributed by atoms with Gasteiger partial charge in [-0.2, -0.15) is 0 Å². The van der Waals surface area contributed by atoms with Crippen molar-refractivity contribution in [1.29, 1.82) is 0 Å². The normalized spacial score (nSPS) is 21.4. The minimum atomic E-state index is 0.423. The molecular weight excluding hydrogens is 218 g/mol. The first-order valence-corrected chi connectivity index (χ1v) is 6.07. The van der Waals surface area contributed by atoms with Gasteiger partial charge in [0, 0.05) is 23.5 Å². The van der Waals surface area contributed by atoms with Crippen molar-refractivity contribution in [2.75, 3.05) is 12.4 Å². The van der Waals surface area contributed by atoms with E-state index in [2.05, 4.69) is 4.98 Å². The summed E-state index contributed by atoms with van der Waals surface area (Å²) in [5, 5.41) is 0.558. The van der Waals surface area contributed by atoms with E-state index >= 15 is 0 Å². The molecule has 0 aliphatic carbocycles. The zero-order chi connectivity index (χ0) is 9.80. The van der Waals surface area contributed by atoms with Crippen LogP contribution in [0.4, 0.5) is 0 Å². The number of nitrogens with zero attached hydrogens (tertiary/aromatic N) is 1. The van der Waals surface area contributed by atoms with Gasteiger partial charge < -0.3 is 4.74 Å². The van der Waals surface area contributed by atoms with Crippen LogP contribution in [0.2, 0.25) is 5.15 Å². The van der Waals surface area contributed by atoms with Crippen LogP contribution >= 0.6 is 23.4 Å². The molecule has 0 radical (unpaired) electrons. The van der Waals surface area contributed by atoms with E-state index < -0.39 is 0 Å². The second-order valence-corrected chi connectivity index (χ2v) is 4.74. The van der Waals surface area contributed by atoms with Crippen LogP contribution in [0.25, 0.3) is 0 Å². The lowest BCUT2D eigenvalue weighted by Gasteiger charge is -2.08. The Morgan fingerprint density at radius 2 is 2.57 bits per heavy atom. The molecule has 0 N–H and O–H groups in total. The van der Waals surface area contributed by atoms with Crippen LogP contribution in [0.1, 0.15) is 12.8 Å². The summed E-state index contributed by atoms with van der Waals surface area (Å²) >= 11 is 7.57. The largest absolute Gasteiger partial charge is 0.377 e. The van der Waals surface area contributed by atoms with Crippen LogP contribution in [0.15, 0.2) is 23.2 Å². The fourth-order valence-corrected chi connectivity index (χ4v) is 2.67. The Kier molecular flexibility index (Phi) is 3.67. The average molecular weight is 230 g/mol. The molecule has 0 aromatic carbocycles. The molecule has 1 aliphatic rings. The minimum Gasteiger partial charge on any atom is -0.377 e. The van der Waals surface area contributed by atoms with Gasteiger partial charge in [-0.15, -0.1) is 11.8 Å². The molecule has 4 heteroatoms. The minimum absolute atomic E-state index is 0.423. The fourth-order valence-electron chi connectivity index (χ4n) is 1.44. The van der Waals surface area contributed by atoms with Crippen molar-refractivity contribution in [2.45, 2.75) is 23.8 Å². The van der Waals surface area contributed by atoms with Crippen LogP contribution in [-0.2, 0) is 4.74 Å². The summed E-state index contributed by atoms with van der Waals surface area (Å²) in [6.07, 6.45) is 4.54. The Morgan fingerprint density at radius 1 is 1.64 bits per heavy atom. The number of halogens is 1. The highest BCUT2D eigenvalue weighted by Crippen LogP contribution is 2.24. The van der Waals surface area contributed by atoms with Crippen LogP contribution in [0.5, 0.6) is 0 Å². The van der Waals surface area contributed by atoms with Crippen molar-refractivity contribution in [3.63, 3.8) is 0 Å². The van der Waals surface area contributed by atoms with E-state index in [0.29, 0.717) is 11.3 Å². The maximum absolute atomic E-state index is 5.78. The molecule has 1 fully saturated rings. The molecule has 0 bridgehead atoms. The standard InChI is InChI=1S/C10H12ClNOS/c11-10-6-9(3-4-12-10)14-7-8-2-1-5-13-8/h3-4,6,8H,1-2,5,7H2. The van der Waals surface area contributed by atoms with Gasteiger partial charge in [0.15, 0.2) is 0 Å². The van der Waals surface area contributed by atoms with Crippen LogP contribution in [0.3, 0.4) is 0 Å². The molecule has 2 rings (SSSR count). The number of hydrogen-bond acceptors (Lipinski definition) is 3. The molecule has 1 aromatic heterocycles. The highest BCUT2D eigenvalue weighted by Gasteiger charge is 2.15. The Balaban J connectivity index is 1.85. The molecule has 1 aliphatic heterocycles. The third kappa shape index (κ3) is 2.87. The van der Waals surface area contributed by atoms with Gasteiger partial charge in [0.05, 0.1) is 6.10 Å². The zero-order valence-corrected chi connectivity index (χ0v) is 9.35. The highest BCUT2D eigenvalue weighted by molar-refractivity contribution is 7.99. The van der Waals surface area contributed by atoms with Crippen molar-refractivity contribution in [3.05, 3.63) is 23.5 Å². The molecule has 76 valence electrons. The summed E-state index contributed by atoms with van der Waals surface area (Å²) in [5.41, 5.74) is 0. The maximum Gasteiger partial charge on any atom is 0.130 e. The monoisotopic (exact) mass is 229 g/mol. The highest BCUT2D eigenvalue weighted by atomic mass is 35.5. The molecule has 14 heavy (non-hydrogen) atoms. The van der Waals surface area contributed by atoms with Crippen molar-refractivity contribution in [2.24, 2.45) is 0 Å². The molecule has 1 saturated heterocycles. The molecule has 2 heterocycles. The summed E-state index contributed by atoms with van der Waals surface area (Å²) in [7, 11) is 0. The predicted octanol–water partition coefficient (Wildman–Crippen LogP) is 3.01. The Labute approximate surface area is 93.0 Å². The predicted molar refractivity (Wildman–Crippen MR) is 58.9 cm³/mol. The molecule has 0 saturated carbocycles. The van der Waals surface area contributed by atoms with Gasteiger partial charge in [0.25, 0.3) is 0 Å². The van der Waals surface area contributed by atoms with Crippen molar-refractivity contribution >= 4 is 23.4 Å². The third-order valence-electron chi connectivity index (χ3n) is 2.16. The third-order valence-corrected chi connectivity index (χ3v) is 3.49. The maximum atomic E-state index is 5.78. The van der Waals surface area contributed by atoms with Crippen molar-refractivity contribution in [1.82, 2.24) is 4.98 Å². The second kappa shape index (κ2) is 5.01. The summed E-state index contributed by atoms with van der Waals surface area (Å²) in [4.78, 5) is 5.11. The Morgan fingerprint density at radius 3 is 3.29 bits per heavy atom. The van der Waals surface area contributed by atoms with Gasteiger partial charge in [-0.3, -0.25) is 0 Å². The number of rotatable bonds is 3. The molecule has 1 aromatic rings. The van der Waals surface area contributed by atoms with Crippen LogP contribution in [0, 0.1) is 0 Å². The number of thioether (sulfide) groups is 1. The molecule has 2 nitrogen and oxygen atoms in total. The molecule has 0 spiro atoms. The average Bonchev–Trinajstić information content (AvgIpc) is 2.67. The number of ether oxygens (including phenoxy) is 1. The van der Waals surface area contributed by atoms with Gasteiger partial charge >= 0.3 is 0 Å². The van der Waals surface area contributed by atoms with Crippen LogP contribution in [-0.4, -0.2) is 23.4 Å². The summed E-state index contributed by atoms with van der Waals surface area (Å²) in [6.45, 7) is 0.919. The first kappa shape index (κ1) is 10.3. The lowest BCUT2D eigenvalue weighted by Crippen LogP contribution is -2.07. The van der Waals surface area contributed by atoms with Crippen molar-refractivity contribution < 1.29 is 4.74 Å². The second-order valence-electron chi connectivity index (χ2n) is 3.26. The Bertz CT molecular complexity index is 302.